The van der Waals surface area contributed by atoms with Gasteiger partial charge < -0.3 is 10.2 Å². The number of sulfone groups is 1. The van der Waals surface area contributed by atoms with Gasteiger partial charge in [-0.15, -0.1) is 0 Å². The van der Waals surface area contributed by atoms with E-state index in [-0.39, 0.29) is 10.8 Å². The number of piperidine rings is 1. The summed E-state index contributed by atoms with van der Waals surface area (Å²) < 4.78 is 24.2. The van der Waals surface area contributed by atoms with Crippen molar-refractivity contribution in [3.63, 3.8) is 0 Å². The summed E-state index contributed by atoms with van der Waals surface area (Å²) >= 11 is 0. The van der Waals surface area contributed by atoms with Crippen LogP contribution in [0.3, 0.4) is 0 Å². The third-order valence-corrected chi connectivity index (χ3v) is 6.34. The van der Waals surface area contributed by atoms with E-state index in [2.05, 4.69) is 5.32 Å². The summed E-state index contributed by atoms with van der Waals surface area (Å²) in [5.41, 5.74) is 0.541. The number of nitrogens with one attached hydrogen (secondary N) is 1. The Hall–Kier alpha value is -1.40. The number of carbonyl (C=O) groups excluding carboxylic acids is 1. The van der Waals surface area contributed by atoms with Crippen LogP contribution in [-0.2, 0) is 9.84 Å². The van der Waals surface area contributed by atoms with E-state index in [1.54, 1.807) is 26.0 Å². The van der Waals surface area contributed by atoms with Gasteiger partial charge in [0, 0.05) is 24.7 Å². The second kappa shape index (κ2) is 6.79. The molecule has 0 radical (unpaired) electrons. The lowest BCUT2D eigenvalue weighted by atomic mass is 10.0. The standard InChI is InChI=1S/C16H24N2O3S/c1-12(2)22(20,21)15-8-6-13(7-9-15)16(19)18-10-4-5-14(11-18)17-3/h6-9,12,14,17H,4-5,10-11H2,1-3H3. The zero-order chi connectivity index (χ0) is 16.3. The van der Waals surface area contributed by atoms with Crippen molar-refractivity contribution < 1.29 is 13.2 Å². The minimum Gasteiger partial charge on any atom is -0.337 e. The fraction of sp³-hybridized carbons (Fsp3) is 0.562. The summed E-state index contributed by atoms with van der Waals surface area (Å²) in [4.78, 5) is 14.6. The van der Waals surface area contributed by atoms with Gasteiger partial charge in [0.25, 0.3) is 5.91 Å². The molecule has 1 aromatic carbocycles. The molecule has 0 bridgehead atoms. The molecule has 1 saturated heterocycles. The predicted octanol–water partition coefficient (Wildman–Crippen LogP) is 1.69. The van der Waals surface area contributed by atoms with E-state index in [4.69, 9.17) is 0 Å². The minimum absolute atomic E-state index is 0.0338. The summed E-state index contributed by atoms with van der Waals surface area (Å²) in [5.74, 6) is -0.0338. The van der Waals surface area contributed by atoms with Gasteiger partial charge in [-0.3, -0.25) is 4.79 Å². The van der Waals surface area contributed by atoms with E-state index in [1.165, 1.54) is 12.1 Å². The van der Waals surface area contributed by atoms with Gasteiger partial charge in [0.05, 0.1) is 10.1 Å². The molecule has 1 amide bonds. The van der Waals surface area contributed by atoms with Crippen molar-refractivity contribution in [2.24, 2.45) is 0 Å². The van der Waals surface area contributed by atoms with Crippen LogP contribution in [0.5, 0.6) is 0 Å². The zero-order valence-corrected chi connectivity index (χ0v) is 14.2. The van der Waals surface area contributed by atoms with Crippen molar-refractivity contribution in [3.8, 4) is 0 Å². The Kier molecular flexibility index (Phi) is 5.24. The Labute approximate surface area is 132 Å². The largest absolute Gasteiger partial charge is 0.337 e. The maximum atomic E-state index is 12.5. The maximum absolute atomic E-state index is 12.5. The molecule has 5 nitrogen and oxygen atoms in total. The van der Waals surface area contributed by atoms with Crippen molar-refractivity contribution in [2.75, 3.05) is 20.1 Å². The average molecular weight is 324 g/mol. The van der Waals surface area contributed by atoms with Gasteiger partial charge in [-0.05, 0) is 58.0 Å². The molecule has 122 valence electrons. The fourth-order valence-corrected chi connectivity index (χ4v) is 3.70. The number of benzene rings is 1. The highest BCUT2D eigenvalue weighted by Crippen LogP contribution is 2.18. The highest BCUT2D eigenvalue weighted by Gasteiger charge is 2.24. The molecular weight excluding hydrogens is 300 g/mol. The first-order valence-corrected chi connectivity index (χ1v) is 9.21. The molecule has 6 heteroatoms. The second-order valence-corrected chi connectivity index (χ2v) is 8.50. The Morgan fingerprint density at radius 2 is 1.91 bits per heavy atom. The molecule has 0 aliphatic carbocycles. The van der Waals surface area contributed by atoms with Crippen LogP contribution in [0.1, 0.15) is 37.0 Å². The number of likely N-dealkylation sites (N-methyl/N-ethyl adjacent to an activating group) is 1. The lowest BCUT2D eigenvalue weighted by Gasteiger charge is -2.32. The van der Waals surface area contributed by atoms with E-state index < -0.39 is 15.1 Å². The number of hydrogen-bond acceptors (Lipinski definition) is 4. The monoisotopic (exact) mass is 324 g/mol. The van der Waals surface area contributed by atoms with E-state index in [1.807, 2.05) is 11.9 Å². The molecule has 1 aliphatic heterocycles. The molecule has 22 heavy (non-hydrogen) atoms. The van der Waals surface area contributed by atoms with Gasteiger partial charge in [0.2, 0.25) is 0 Å². The summed E-state index contributed by atoms with van der Waals surface area (Å²) in [6.45, 7) is 4.75. The van der Waals surface area contributed by atoms with Crippen LogP contribution in [0.15, 0.2) is 29.2 Å². The second-order valence-electron chi connectivity index (χ2n) is 6.00. The van der Waals surface area contributed by atoms with Crippen LogP contribution < -0.4 is 5.32 Å². The first kappa shape index (κ1) is 17.0. The van der Waals surface area contributed by atoms with Gasteiger partial charge in [0.1, 0.15) is 0 Å². The van der Waals surface area contributed by atoms with Crippen molar-refractivity contribution in [3.05, 3.63) is 29.8 Å². The van der Waals surface area contributed by atoms with Gasteiger partial charge >= 0.3 is 0 Å². The number of amides is 1. The summed E-state index contributed by atoms with van der Waals surface area (Å²) in [6, 6.07) is 6.61. The number of carbonyl (C=O) groups is 1. The third kappa shape index (κ3) is 3.50. The Morgan fingerprint density at radius 3 is 2.45 bits per heavy atom. The van der Waals surface area contributed by atoms with Gasteiger partial charge in [-0.1, -0.05) is 0 Å². The molecule has 2 rings (SSSR count). The first-order chi connectivity index (χ1) is 10.4. The van der Waals surface area contributed by atoms with E-state index in [9.17, 15) is 13.2 Å². The molecule has 1 aliphatic rings. The molecule has 1 unspecified atom stereocenters. The molecule has 0 aromatic heterocycles. The number of nitrogens with zero attached hydrogens (tertiary/aromatic N) is 1. The van der Waals surface area contributed by atoms with Gasteiger partial charge in [-0.25, -0.2) is 8.42 Å². The van der Waals surface area contributed by atoms with E-state index in [0.29, 0.717) is 18.2 Å². The predicted molar refractivity (Wildman–Crippen MR) is 86.7 cm³/mol. The molecule has 1 heterocycles. The van der Waals surface area contributed by atoms with Crippen molar-refractivity contribution in [1.29, 1.82) is 0 Å². The van der Waals surface area contributed by atoms with E-state index >= 15 is 0 Å². The highest BCUT2D eigenvalue weighted by atomic mass is 32.2. The van der Waals surface area contributed by atoms with E-state index in [0.717, 1.165) is 19.4 Å². The van der Waals surface area contributed by atoms with Crippen LogP contribution >= 0.6 is 0 Å². The third-order valence-electron chi connectivity index (χ3n) is 4.17. The molecule has 1 aromatic rings. The number of rotatable bonds is 4. The molecule has 1 N–H and O–H groups in total. The Bertz CT molecular complexity index is 623. The van der Waals surface area contributed by atoms with Gasteiger partial charge in [0.15, 0.2) is 9.84 Å². The summed E-state index contributed by atoms with van der Waals surface area (Å²) in [5, 5.41) is 2.74. The van der Waals surface area contributed by atoms with Crippen LogP contribution in [0.25, 0.3) is 0 Å². The quantitative estimate of drug-likeness (QED) is 0.915. The SMILES string of the molecule is CNC1CCCN(C(=O)c2ccc(S(=O)(=O)C(C)C)cc2)C1. The zero-order valence-electron chi connectivity index (χ0n) is 13.4. The lowest BCUT2D eigenvalue weighted by Crippen LogP contribution is -2.46. The summed E-state index contributed by atoms with van der Waals surface area (Å²) in [6.07, 6.45) is 2.06. The topological polar surface area (TPSA) is 66.5 Å². The lowest BCUT2D eigenvalue weighted by molar-refractivity contribution is 0.0698. The molecule has 0 saturated carbocycles. The number of likely N-dealkylation sites (tertiary alicyclic amines) is 1. The average Bonchev–Trinajstić information content (AvgIpc) is 2.54. The van der Waals surface area contributed by atoms with Crippen molar-refractivity contribution in [2.45, 2.75) is 42.9 Å². The van der Waals surface area contributed by atoms with Crippen LogP contribution in [0, 0.1) is 0 Å². The molecule has 1 fully saturated rings. The first-order valence-electron chi connectivity index (χ1n) is 7.66. The molecular formula is C16H24N2O3S. The Balaban J connectivity index is 2.15. The fourth-order valence-electron chi connectivity index (χ4n) is 2.64. The smallest absolute Gasteiger partial charge is 0.253 e. The molecule has 0 spiro atoms. The highest BCUT2D eigenvalue weighted by molar-refractivity contribution is 7.92. The normalized spacial score (nSPS) is 19.5. The summed E-state index contributed by atoms with van der Waals surface area (Å²) in [7, 11) is -1.38. The van der Waals surface area contributed by atoms with Crippen LogP contribution in [0.2, 0.25) is 0 Å². The number of hydrogen-bond donors (Lipinski definition) is 1. The van der Waals surface area contributed by atoms with Crippen molar-refractivity contribution in [1.82, 2.24) is 10.2 Å². The molecule has 1 atom stereocenters. The van der Waals surface area contributed by atoms with Crippen LogP contribution in [-0.4, -0.2) is 50.7 Å². The van der Waals surface area contributed by atoms with Crippen molar-refractivity contribution >= 4 is 15.7 Å². The maximum Gasteiger partial charge on any atom is 0.253 e. The Morgan fingerprint density at radius 1 is 1.27 bits per heavy atom. The van der Waals surface area contributed by atoms with Gasteiger partial charge in [-0.2, -0.15) is 0 Å². The minimum atomic E-state index is -3.29. The van der Waals surface area contributed by atoms with Crippen LogP contribution in [0.4, 0.5) is 0 Å².